The maximum Gasteiger partial charge on any atom is 0.326 e. The van der Waals surface area contributed by atoms with Crippen LogP contribution < -0.4 is 14.2 Å². The first kappa shape index (κ1) is 19.1. The Kier molecular flexibility index (Phi) is 5.59. The molecule has 8 nitrogen and oxygen atoms in total. The first-order chi connectivity index (χ1) is 12.9. The van der Waals surface area contributed by atoms with Gasteiger partial charge in [-0.15, -0.1) is 0 Å². The van der Waals surface area contributed by atoms with Crippen molar-refractivity contribution in [3.05, 3.63) is 22.6 Å². The number of ether oxygens (including phenoxy) is 4. The van der Waals surface area contributed by atoms with E-state index in [4.69, 9.17) is 18.9 Å². The van der Waals surface area contributed by atoms with Crippen molar-refractivity contribution in [2.24, 2.45) is 0 Å². The van der Waals surface area contributed by atoms with Gasteiger partial charge >= 0.3 is 5.97 Å². The van der Waals surface area contributed by atoms with Crippen LogP contribution in [0, 0.1) is 0 Å². The molecule has 0 atom stereocenters. The van der Waals surface area contributed by atoms with Gasteiger partial charge in [0.15, 0.2) is 11.5 Å². The van der Waals surface area contributed by atoms with Crippen molar-refractivity contribution in [2.75, 3.05) is 19.9 Å². The highest BCUT2D eigenvalue weighted by Gasteiger charge is 2.37. The molecule has 144 valence electrons. The van der Waals surface area contributed by atoms with Crippen LogP contribution in [-0.2, 0) is 14.3 Å². The molecule has 2 heterocycles. The summed E-state index contributed by atoms with van der Waals surface area (Å²) < 4.78 is 21.3. The Morgan fingerprint density at radius 1 is 1.30 bits per heavy atom. The summed E-state index contributed by atoms with van der Waals surface area (Å²) >= 11 is 0.761. The van der Waals surface area contributed by atoms with Crippen LogP contribution in [0.4, 0.5) is 4.79 Å². The van der Waals surface area contributed by atoms with Crippen molar-refractivity contribution in [3.8, 4) is 17.2 Å². The summed E-state index contributed by atoms with van der Waals surface area (Å²) in [5.41, 5.74) is 0.580. The molecule has 9 heteroatoms. The number of thioether (sulfide) groups is 1. The molecule has 3 rings (SSSR count). The Hall–Kier alpha value is -2.68. The highest BCUT2D eigenvalue weighted by molar-refractivity contribution is 8.18. The average Bonchev–Trinajstić information content (AvgIpc) is 3.14. The number of benzene rings is 1. The molecule has 1 aromatic rings. The quantitative estimate of drug-likeness (QED) is 0.538. The van der Waals surface area contributed by atoms with E-state index in [2.05, 4.69) is 0 Å². The lowest BCUT2D eigenvalue weighted by molar-refractivity contribution is -0.149. The van der Waals surface area contributed by atoms with E-state index >= 15 is 0 Å². The zero-order valence-electron chi connectivity index (χ0n) is 15.1. The predicted octanol–water partition coefficient (Wildman–Crippen LogP) is 2.80. The van der Waals surface area contributed by atoms with Gasteiger partial charge in [0.25, 0.3) is 11.1 Å². The molecule has 0 bridgehead atoms. The van der Waals surface area contributed by atoms with Gasteiger partial charge in [0.2, 0.25) is 6.79 Å². The van der Waals surface area contributed by atoms with Gasteiger partial charge in [-0.25, -0.2) is 0 Å². The number of carbonyl (C=O) groups is 3. The predicted molar refractivity (Wildman–Crippen MR) is 97.6 cm³/mol. The van der Waals surface area contributed by atoms with Gasteiger partial charge < -0.3 is 18.9 Å². The largest absolute Gasteiger partial charge is 0.493 e. The Morgan fingerprint density at radius 3 is 2.67 bits per heavy atom. The monoisotopic (exact) mass is 393 g/mol. The lowest BCUT2D eigenvalue weighted by Gasteiger charge is -2.13. The van der Waals surface area contributed by atoms with E-state index in [1.165, 1.54) is 0 Å². The van der Waals surface area contributed by atoms with Crippen molar-refractivity contribution in [1.29, 1.82) is 0 Å². The Labute approximate surface area is 160 Å². The van der Waals surface area contributed by atoms with Gasteiger partial charge in [-0.05, 0) is 44.7 Å². The topological polar surface area (TPSA) is 91.4 Å². The van der Waals surface area contributed by atoms with E-state index in [-0.39, 0.29) is 17.8 Å². The SMILES string of the molecule is CCOc1cc2c(cc1/C=C1\SC(=O)N(CC(=O)OC(C)C)C1=O)OCO2. The minimum Gasteiger partial charge on any atom is -0.493 e. The summed E-state index contributed by atoms with van der Waals surface area (Å²) in [6.45, 7) is 5.34. The van der Waals surface area contributed by atoms with E-state index in [9.17, 15) is 14.4 Å². The van der Waals surface area contributed by atoms with Crippen molar-refractivity contribution >= 4 is 35.0 Å². The molecule has 0 radical (unpaired) electrons. The molecule has 1 saturated heterocycles. The summed E-state index contributed by atoms with van der Waals surface area (Å²) in [6, 6.07) is 3.37. The Morgan fingerprint density at radius 2 is 2.00 bits per heavy atom. The number of hydrogen-bond acceptors (Lipinski definition) is 8. The van der Waals surface area contributed by atoms with Gasteiger partial charge in [0.05, 0.1) is 17.6 Å². The number of imide groups is 1. The lowest BCUT2D eigenvalue weighted by Crippen LogP contribution is -2.35. The molecule has 1 aromatic carbocycles. The van der Waals surface area contributed by atoms with Crippen LogP contribution in [0.3, 0.4) is 0 Å². The van der Waals surface area contributed by atoms with Gasteiger partial charge in [-0.3, -0.25) is 19.3 Å². The number of amides is 2. The smallest absolute Gasteiger partial charge is 0.326 e. The Balaban J connectivity index is 1.84. The highest BCUT2D eigenvalue weighted by atomic mass is 32.2. The number of esters is 1. The fraction of sp³-hybridized carbons (Fsp3) is 0.389. The van der Waals surface area contributed by atoms with E-state index in [0.29, 0.717) is 29.4 Å². The molecule has 0 spiro atoms. The zero-order valence-corrected chi connectivity index (χ0v) is 16.0. The number of rotatable bonds is 6. The van der Waals surface area contributed by atoms with E-state index in [1.54, 1.807) is 32.1 Å². The maximum atomic E-state index is 12.6. The number of nitrogens with zero attached hydrogens (tertiary/aromatic N) is 1. The zero-order chi connectivity index (χ0) is 19.6. The molecular formula is C18H19NO7S. The van der Waals surface area contributed by atoms with Crippen molar-refractivity contribution in [2.45, 2.75) is 26.9 Å². The van der Waals surface area contributed by atoms with Crippen LogP contribution >= 0.6 is 11.8 Å². The third kappa shape index (κ3) is 4.19. The third-order valence-electron chi connectivity index (χ3n) is 3.62. The fourth-order valence-corrected chi connectivity index (χ4v) is 3.37. The normalized spacial score (nSPS) is 17.2. The van der Waals surface area contributed by atoms with Crippen molar-refractivity contribution < 1.29 is 33.3 Å². The number of fused-ring (bicyclic) bond motifs is 1. The van der Waals surface area contributed by atoms with Gasteiger partial charge in [-0.1, -0.05) is 0 Å². The molecule has 27 heavy (non-hydrogen) atoms. The van der Waals surface area contributed by atoms with Crippen molar-refractivity contribution in [3.63, 3.8) is 0 Å². The summed E-state index contributed by atoms with van der Waals surface area (Å²) in [5, 5.41) is -0.523. The Bertz CT molecular complexity index is 818. The molecule has 2 aliphatic heterocycles. The van der Waals surface area contributed by atoms with Gasteiger partial charge in [0, 0.05) is 11.6 Å². The summed E-state index contributed by atoms with van der Waals surface area (Å²) in [4.78, 5) is 37.6. The number of carbonyl (C=O) groups excluding carboxylic acids is 3. The fourth-order valence-electron chi connectivity index (χ4n) is 2.54. The van der Waals surface area contributed by atoms with Crippen LogP contribution in [0.2, 0.25) is 0 Å². The highest BCUT2D eigenvalue weighted by Crippen LogP contribution is 2.41. The summed E-state index contributed by atoms with van der Waals surface area (Å²) in [5.74, 6) is 0.412. The number of hydrogen-bond donors (Lipinski definition) is 0. The summed E-state index contributed by atoms with van der Waals surface area (Å²) in [7, 11) is 0. The van der Waals surface area contributed by atoms with Crippen LogP contribution in [0.5, 0.6) is 17.2 Å². The van der Waals surface area contributed by atoms with E-state index in [0.717, 1.165) is 16.7 Å². The minimum absolute atomic E-state index is 0.110. The molecular weight excluding hydrogens is 374 g/mol. The average molecular weight is 393 g/mol. The van der Waals surface area contributed by atoms with Crippen LogP contribution in [0.25, 0.3) is 6.08 Å². The van der Waals surface area contributed by atoms with Crippen molar-refractivity contribution in [1.82, 2.24) is 4.90 Å². The van der Waals surface area contributed by atoms with E-state index in [1.807, 2.05) is 6.92 Å². The van der Waals surface area contributed by atoms with Crippen LogP contribution in [0.1, 0.15) is 26.3 Å². The van der Waals surface area contributed by atoms with Gasteiger partial charge in [-0.2, -0.15) is 0 Å². The molecule has 0 aliphatic carbocycles. The molecule has 0 aromatic heterocycles. The first-order valence-corrected chi connectivity index (χ1v) is 9.22. The minimum atomic E-state index is -0.633. The second-order valence-electron chi connectivity index (χ2n) is 5.98. The maximum absolute atomic E-state index is 12.6. The molecule has 2 amide bonds. The third-order valence-corrected chi connectivity index (χ3v) is 4.53. The summed E-state index contributed by atoms with van der Waals surface area (Å²) in [6.07, 6.45) is 1.22. The second kappa shape index (κ2) is 7.91. The second-order valence-corrected chi connectivity index (χ2v) is 6.98. The van der Waals surface area contributed by atoms with Crippen LogP contribution in [0.15, 0.2) is 17.0 Å². The van der Waals surface area contributed by atoms with Gasteiger partial charge in [0.1, 0.15) is 12.3 Å². The molecule has 0 unspecified atom stereocenters. The van der Waals surface area contributed by atoms with E-state index < -0.39 is 23.7 Å². The lowest BCUT2D eigenvalue weighted by atomic mass is 10.1. The molecule has 2 aliphatic rings. The standard InChI is InChI=1S/C18H19NO7S/c1-4-23-12-7-14-13(24-9-25-14)5-11(12)6-15-17(21)19(18(22)27-15)8-16(20)26-10(2)3/h5-7,10H,4,8-9H2,1-3H3/b15-6-. The van der Waals surface area contributed by atoms with Crippen LogP contribution in [-0.4, -0.2) is 48.1 Å². The molecule has 0 N–H and O–H groups in total. The first-order valence-electron chi connectivity index (χ1n) is 8.40. The molecule has 0 saturated carbocycles. The molecule has 1 fully saturated rings.